The number of carbonyl (C=O) groups excluding carboxylic acids is 2. The van der Waals surface area contributed by atoms with Crippen LogP contribution in [0.3, 0.4) is 0 Å². The van der Waals surface area contributed by atoms with Gasteiger partial charge in [0.1, 0.15) is 5.75 Å². The third-order valence-electron chi connectivity index (χ3n) is 3.76. The molecule has 2 rings (SSSR count). The van der Waals surface area contributed by atoms with Crippen LogP contribution in [0.1, 0.15) is 23.2 Å². The molecule has 0 aromatic heterocycles. The maximum absolute atomic E-state index is 12.6. The molecule has 1 aromatic carbocycles. The fourth-order valence-corrected chi connectivity index (χ4v) is 2.60. The number of methoxy groups -OCH3 is 2. The van der Waals surface area contributed by atoms with E-state index in [2.05, 4.69) is 0 Å². The van der Waals surface area contributed by atoms with Crippen molar-refractivity contribution in [3.05, 3.63) is 23.8 Å². The maximum Gasteiger partial charge on any atom is 0.310 e. The molecule has 0 saturated carbocycles. The molecule has 0 bridgehead atoms. The van der Waals surface area contributed by atoms with Crippen LogP contribution in [-0.2, 0) is 9.53 Å². The highest BCUT2D eigenvalue weighted by Gasteiger charge is 2.30. The van der Waals surface area contributed by atoms with Gasteiger partial charge in [-0.2, -0.15) is 0 Å². The van der Waals surface area contributed by atoms with Crippen LogP contribution in [0.5, 0.6) is 5.75 Å². The lowest BCUT2D eigenvalue weighted by Gasteiger charge is -2.31. The number of likely N-dealkylation sites (tertiary alicyclic amines) is 1. The standard InChI is InChI=1S/C15H20N2O4/c1-20-12-7-3-6-11(13(12)16)14(18)17-8-4-5-10(9-17)15(19)21-2/h3,6-7,10H,4-5,8-9,16H2,1-2H3. The minimum Gasteiger partial charge on any atom is -0.495 e. The summed E-state index contributed by atoms with van der Waals surface area (Å²) in [5, 5.41) is 0. The van der Waals surface area contributed by atoms with Gasteiger partial charge in [0, 0.05) is 13.1 Å². The summed E-state index contributed by atoms with van der Waals surface area (Å²) in [4.78, 5) is 25.9. The van der Waals surface area contributed by atoms with Crippen LogP contribution in [0, 0.1) is 5.92 Å². The van der Waals surface area contributed by atoms with Crippen molar-refractivity contribution in [1.29, 1.82) is 0 Å². The van der Waals surface area contributed by atoms with E-state index in [1.54, 1.807) is 23.1 Å². The molecule has 114 valence electrons. The van der Waals surface area contributed by atoms with Gasteiger partial charge in [0.2, 0.25) is 0 Å². The highest BCUT2D eigenvalue weighted by molar-refractivity contribution is 6.00. The number of rotatable bonds is 3. The Balaban J connectivity index is 2.18. The average molecular weight is 292 g/mol. The van der Waals surface area contributed by atoms with Crippen molar-refractivity contribution < 1.29 is 19.1 Å². The molecule has 1 fully saturated rings. The summed E-state index contributed by atoms with van der Waals surface area (Å²) in [7, 11) is 2.87. The first kappa shape index (κ1) is 15.2. The largest absolute Gasteiger partial charge is 0.495 e. The molecule has 1 amide bonds. The molecule has 0 radical (unpaired) electrons. The number of esters is 1. The minimum absolute atomic E-state index is 0.181. The van der Waals surface area contributed by atoms with Gasteiger partial charge in [-0.05, 0) is 25.0 Å². The minimum atomic E-state index is -0.272. The number of amides is 1. The van der Waals surface area contributed by atoms with Gasteiger partial charge < -0.3 is 20.1 Å². The van der Waals surface area contributed by atoms with E-state index >= 15 is 0 Å². The van der Waals surface area contributed by atoms with E-state index in [1.807, 2.05) is 0 Å². The Morgan fingerprint density at radius 1 is 1.33 bits per heavy atom. The third kappa shape index (κ3) is 3.09. The third-order valence-corrected chi connectivity index (χ3v) is 3.76. The zero-order valence-corrected chi connectivity index (χ0v) is 12.3. The number of anilines is 1. The van der Waals surface area contributed by atoms with Gasteiger partial charge in [0.05, 0.1) is 31.4 Å². The number of nitrogens with zero attached hydrogens (tertiary/aromatic N) is 1. The quantitative estimate of drug-likeness (QED) is 0.671. The topological polar surface area (TPSA) is 81.9 Å². The average Bonchev–Trinajstić information content (AvgIpc) is 2.53. The Morgan fingerprint density at radius 2 is 2.10 bits per heavy atom. The number of para-hydroxylation sites is 1. The second kappa shape index (κ2) is 6.47. The molecule has 1 aliphatic heterocycles. The summed E-state index contributed by atoms with van der Waals surface area (Å²) in [6, 6.07) is 5.10. The second-order valence-corrected chi connectivity index (χ2v) is 5.03. The predicted octanol–water partition coefficient (Wildman–Crippen LogP) is 1.30. The van der Waals surface area contributed by atoms with Crippen LogP contribution < -0.4 is 10.5 Å². The smallest absolute Gasteiger partial charge is 0.310 e. The second-order valence-electron chi connectivity index (χ2n) is 5.03. The lowest BCUT2D eigenvalue weighted by atomic mass is 9.97. The zero-order chi connectivity index (χ0) is 15.4. The van der Waals surface area contributed by atoms with Gasteiger partial charge in [-0.25, -0.2) is 0 Å². The van der Waals surface area contributed by atoms with E-state index in [-0.39, 0.29) is 17.8 Å². The Hall–Kier alpha value is -2.24. The van der Waals surface area contributed by atoms with Crippen molar-refractivity contribution in [3.63, 3.8) is 0 Å². The summed E-state index contributed by atoms with van der Waals surface area (Å²) in [5.74, 6) is -0.243. The van der Waals surface area contributed by atoms with Crippen LogP contribution in [0.15, 0.2) is 18.2 Å². The molecule has 21 heavy (non-hydrogen) atoms. The van der Waals surface area contributed by atoms with E-state index in [0.29, 0.717) is 30.1 Å². The summed E-state index contributed by atoms with van der Waals surface area (Å²) in [6.07, 6.45) is 1.51. The Labute approximate surface area is 123 Å². The van der Waals surface area contributed by atoms with E-state index in [0.717, 1.165) is 12.8 Å². The molecule has 1 heterocycles. The van der Waals surface area contributed by atoms with Gasteiger partial charge >= 0.3 is 5.97 Å². The number of ether oxygens (including phenoxy) is 2. The molecule has 1 aliphatic rings. The molecule has 6 nitrogen and oxygen atoms in total. The molecule has 2 N–H and O–H groups in total. The summed E-state index contributed by atoms with van der Waals surface area (Å²) >= 11 is 0. The van der Waals surface area contributed by atoms with Gasteiger partial charge in [-0.15, -0.1) is 0 Å². The van der Waals surface area contributed by atoms with Crippen molar-refractivity contribution in [2.45, 2.75) is 12.8 Å². The SMILES string of the molecule is COC(=O)C1CCCN(C(=O)c2cccc(OC)c2N)C1. The van der Waals surface area contributed by atoms with Crippen LogP contribution in [0.4, 0.5) is 5.69 Å². The van der Waals surface area contributed by atoms with Gasteiger partial charge in [-0.3, -0.25) is 9.59 Å². The normalized spacial score (nSPS) is 18.2. The molecule has 1 saturated heterocycles. The highest BCUT2D eigenvalue weighted by Crippen LogP contribution is 2.27. The zero-order valence-electron chi connectivity index (χ0n) is 12.3. The fourth-order valence-electron chi connectivity index (χ4n) is 2.60. The van der Waals surface area contributed by atoms with Crippen LogP contribution in [0.25, 0.3) is 0 Å². The molecule has 1 atom stereocenters. The Bertz CT molecular complexity index is 544. The number of hydrogen-bond donors (Lipinski definition) is 1. The fraction of sp³-hybridized carbons (Fsp3) is 0.467. The number of piperidine rings is 1. The van der Waals surface area contributed by atoms with Gasteiger partial charge in [-0.1, -0.05) is 6.07 Å². The molecule has 1 unspecified atom stereocenters. The summed E-state index contributed by atoms with van der Waals surface area (Å²) in [6.45, 7) is 0.977. The van der Waals surface area contributed by atoms with Crippen LogP contribution in [0.2, 0.25) is 0 Å². The number of nitrogen functional groups attached to an aromatic ring is 1. The van der Waals surface area contributed by atoms with Crippen LogP contribution in [-0.4, -0.2) is 44.1 Å². The van der Waals surface area contributed by atoms with E-state index in [9.17, 15) is 9.59 Å². The van der Waals surface area contributed by atoms with Gasteiger partial charge in [0.15, 0.2) is 0 Å². The first-order valence-corrected chi connectivity index (χ1v) is 6.88. The monoisotopic (exact) mass is 292 g/mol. The summed E-state index contributed by atoms with van der Waals surface area (Å²) < 4.78 is 9.89. The van der Waals surface area contributed by atoms with E-state index in [4.69, 9.17) is 15.2 Å². The summed E-state index contributed by atoms with van der Waals surface area (Å²) in [5.41, 5.74) is 6.68. The first-order chi connectivity index (χ1) is 10.1. The molecule has 1 aromatic rings. The van der Waals surface area contributed by atoms with E-state index < -0.39 is 0 Å². The molecular weight excluding hydrogens is 272 g/mol. The molecule has 6 heteroatoms. The molecular formula is C15H20N2O4. The number of hydrogen-bond acceptors (Lipinski definition) is 5. The number of carbonyl (C=O) groups is 2. The molecule has 0 aliphatic carbocycles. The Kier molecular flexibility index (Phi) is 4.67. The van der Waals surface area contributed by atoms with E-state index in [1.165, 1.54) is 14.2 Å². The van der Waals surface area contributed by atoms with Crippen LogP contribution >= 0.6 is 0 Å². The maximum atomic E-state index is 12.6. The number of nitrogens with two attached hydrogens (primary N) is 1. The highest BCUT2D eigenvalue weighted by atomic mass is 16.5. The van der Waals surface area contributed by atoms with Crippen molar-refractivity contribution in [1.82, 2.24) is 4.90 Å². The lowest BCUT2D eigenvalue weighted by Crippen LogP contribution is -2.42. The first-order valence-electron chi connectivity index (χ1n) is 6.88. The predicted molar refractivity (Wildman–Crippen MR) is 78.0 cm³/mol. The van der Waals surface area contributed by atoms with Crippen molar-refractivity contribution in [2.24, 2.45) is 5.92 Å². The Morgan fingerprint density at radius 3 is 2.76 bits per heavy atom. The number of benzene rings is 1. The lowest BCUT2D eigenvalue weighted by molar-refractivity contribution is -0.146. The van der Waals surface area contributed by atoms with Gasteiger partial charge in [0.25, 0.3) is 5.91 Å². The molecule has 0 spiro atoms. The van der Waals surface area contributed by atoms with Crippen molar-refractivity contribution in [3.8, 4) is 5.75 Å². The van der Waals surface area contributed by atoms with Crippen molar-refractivity contribution >= 4 is 17.6 Å². The van der Waals surface area contributed by atoms with Crippen molar-refractivity contribution in [2.75, 3.05) is 33.0 Å².